The molecule has 0 radical (unpaired) electrons. The zero-order valence-corrected chi connectivity index (χ0v) is 10.8. The van der Waals surface area contributed by atoms with Gasteiger partial charge in [-0.2, -0.15) is 0 Å². The first-order valence-corrected chi connectivity index (χ1v) is 5.80. The molecule has 1 heterocycles. The van der Waals surface area contributed by atoms with Crippen LogP contribution in [0.1, 0.15) is 21.5 Å². The first kappa shape index (κ1) is 12.9. The van der Waals surface area contributed by atoms with Crippen LogP contribution in [0.4, 0.5) is 17.2 Å². The molecule has 4 N–H and O–H groups in total. The maximum absolute atomic E-state index is 11.2. The van der Waals surface area contributed by atoms with Gasteiger partial charge in [0.05, 0.1) is 11.9 Å². The lowest BCUT2D eigenvalue weighted by Crippen LogP contribution is -2.06. The van der Waals surface area contributed by atoms with Crippen LogP contribution in [-0.2, 0) is 0 Å². The summed E-state index contributed by atoms with van der Waals surface area (Å²) >= 11 is 0. The van der Waals surface area contributed by atoms with Crippen LogP contribution < -0.4 is 11.1 Å². The largest absolute Gasteiger partial charge is 0.478 e. The highest BCUT2D eigenvalue weighted by Gasteiger charge is 2.12. The number of nitrogen functional groups attached to an aromatic ring is 1. The van der Waals surface area contributed by atoms with E-state index in [-0.39, 0.29) is 11.4 Å². The Hall–Kier alpha value is -2.56. The van der Waals surface area contributed by atoms with Crippen LogP contribution in [0, 0.1) is 13.8 Å². The predicted octanol–water partition coefficient (Wildman–Crippen LogP) is 2.72. The van der Waals surface area contributed by atoms with Crippen molar-refractivity contribution in [3.8, 4) is 0 Å². The number of carboxylic acids is 1. The van der Waals surface area contributed by atoms with Gasteiger partial charge in [-0.25, -0.2) is 9.78 Å². The Labute approximate surface area is 111 Å². The molecule has 0 saturated carbocycles. The lowest BCUT2D eigenvalue weighted by Gasteiger charge is -2.10. The van der Waals surface area contributed by atoms with Crippen LogP contribution in [0.5, 0.6) is 0 Å². The number of nitrogens with one attached hydrogen (secondary N) is 1. The number of rotatable bonds is 3. The first-order chi connectivity index (χ1) is 8.95. The molecule has 0 aliphatic rings. The topological polar surface area (TPSA) is 88.2 Å². The van der Waals surface area contributed by atoms with Crippen molar-refractivity contribution in [2.24, 2.45) is 0 Å². The van der Waals surface area contributed by atoms with Crippen LogP contribution in [0.15, 0.2) is 30.5 Å². The number of hydrogen-bond acceptors (Lipinski definition) is 4. The quantitative estimate of drug-likeness (QED) is 0.786. The van der Waals surface area contributed by atoms with Gasteiger partial charge in [0.2, 0.25) is 0 Å². The standard InChI is InChI=1S/C14H15N3O2/c1-8-3-9(2)5-11(4-8)17-13-12(14(18)19)6-10(15)7-16-13/h3-7H,15H2,1-2H3,(H,16,17)(H,18,19). The van der Waals surface area contributed by atoms with Crippen molar-refractivity contribution in [3.63, 3.8) is 0 Å². The van der Waals surface area contributed by atoms with E-state index in [1.807, 2.05) is 32.0 Å². The van der Waals surface area contributed by atoms with Crippen LogP contribution >= 0.6 is 0 Å². The molecule has 0 saturated heterocycles. The number of aromatic nitrogens is 1. The fraction of sp³-hybridized carbons (Fsp3) is 0.143. The smallest absolute Gasteiger partial charge is 0.339 e. The summed E-state index contributed by atoms with van der Waals surface area (Å²) in [5.41, 5.74) is 8.92. The van der Waals surface area contributed by atoms with E-state index < -0.39 is 5.97 Å². The molecule has 1 aromatic heterocycles. The monoisotopic (exact) mass is 257 g/mol. The molecule has 0 bridgehead atoms. The van der Waals surface area contributed by atoms with E-state index in [1.165, 1.54) is 12.3 Å². The number of pyridine rings is 1. The third-order valence-electron chi connectivity index (χ3n) is 2.62. The number of aromatic carboxylic acids is 1. The lowest BCUT2D eigenvalue weighted by atomic mass is 10.1. The van der Waals surface area contributed by atoms with Crippen LogP contribution in [0.2, 0.25) is 0 Å². The number of hydrogen-bond donors (Lipinski definition) is 3. The van der Waals surface area contributed by atoms with Crippen molar-refractivity contribution in [3.05, 3.63) is 47.2 Å². The van der Waals surface area contributed by atoms with Gasteiger partial charge in [0, 0.05) is 5.69 Å². The Morgan fingerprint density at radius 2 is 1.84 bits per heavy atom. The number of carboxylic acid groups (broad SMARTS) is 1. The van der Waals surface area contributed by atoms with Crippen molar-refractivity contribution in [2.45, 2.75) is 13.8 Å². The molecule has 1 aromatic carbocycles. The molecule has 5 heteroatoms. The molecule has 5 nitrogen and oxygen atoms in total. The highest BCUT2D eigenvalue weighted by atomic mass is 16.4. The summed E-state index contributed by atoms with van der Waals surface area (Å²) in [6.07, 6.45) is 1.43. The molecule has 0 unspecified atom stereocenters. The van der Waals surface area contributed by atoms with E-state index in [0.717, 1.165) is 16.8 Å². The maximum Gasteiger partial charge on any atom is 0.339 e. The number of benzene rings is 1. The SMILES string of the molecule is Cc1cc(C)cc(Nc2ncc(N)cc2C(=O)O)c1. The molecule has 0 atom stereocenters. The molecule has 19 heavy (non-hydrogen) atoms. The van der Waals surface area contributed by atoms with Crippen molar-refractivity contribution in [1.82, 2.24) is 4.98 Å². The first-order valence-electron chi connectivity index (χ1n) is 5.80. The number of aryl methyl sites for hydroxylation is 2. The van der Waals surface area contributed by atoms with Gasteiger partial charge in [-0.1, -0.05) is 6.07 Å². The molecule has 0 aliphatic heterocycles. The maximum atomic E-state index is 11.2. The van der Waals surface area contributed by atoms with Crippen LogP contribution in [0.3, 0.4) is 0 Å². The second-order valence-corrected chi connectivity index (χ2v) is 4.47. The molecule has 2 rings (SSSR count). The van der Waals surface area contributed by atoms with E-state index in [4.69, 9.17) is 10.8 Å². The second kappa shape index (κ2) is 4.97. The summed E-state index contributed by atoms with van der Waals surface area (Å²) in [5, 5.41) is 12.2. The average molecular weight is 257 g/mol. The third-order valence-corrected chi connectivity index (χ3v) is 2.62. The zero-order valence-electron chi connectivity index (χ0n) is 10.8. The summed E-state index contributed by atoms with van der Waals surface area (Å²) in [7, 11) is 0. The zero-order chi connectivity index (χ0) is 14.0. The molecule has 0 spiro atoms. The van der Waals surface area contributed by atoms with Gasteiger partial charge in [0.15, 0.2) is 0 Å². The Morgan fingerprint density at radius 3 is 2.42 bits per heavy atom. The minimum atomic E-state index is -1.06. The van der Waals surface area contributed by atoms with E-state index in [1.54, 1.807) is 0 Å². The molecule has 0 fully saturated rings. The normalized spacial score (nSPS) is 10.2. The van der Waals surface area contributed by atoms with Gasteiger partial charge in [-0.3, -0.25) is 0 Å². The van der Waals surface area contributed by atoms with Gasteiger partial charge in [-0.05, 0) is 43.2 Å². The summed E-state index contributed by atoms with van der Waals surface area (Å²) < 4.78 is 0. The molecular weight excluding hydrogens is 242 g/mol. The second-order valence-electron chi connectivity index (χ2n) is 4.47. The van der Waals surface area contributed by atoms with Crippen LogP contribution in [0.25, 0.3) is 0 Å². The minimum absolute atomic E-state index is 0.0548. The van der Waals surface area contributed by atoms with E-state index in [9.17, 15) is 4.79 Å². The Bertz CT molecular complexity index is 618. The number of carbonyl (C=O) groups is 1. The highest BCUT2D eigenvalue weighted by molar-refractivity contribution is 5.94. The Balaban J connectivity index is 2.40. The van der Waals surface area contributed by atoms with Crippen molar-refractivity contribution in [2.75, 3.05) is 11.1 Å². The molecule has 0 aliphatic carbocycles. The molecule has 2 aromatic rings. The van der Waals surface area contributed by atoms with Crippen LogP contribution in [-0.4, -0.2) is 16.1 Å². The number of nitrogens with two attached hydrogens (primary N) is 1. The van der Waals surface area contributed by atoms with E-state index >= 15 is 0 Å². The molecule has 98 valence electrons. The van der Waals surface area contributed by atoms with Gasteiger partial charge in [-0.15, -0.1) is 0 Å². The third kappa shape index (κ3) is 3.01. The fourth-order valence-electron chi connectivity index (χ4n) is 1.93. The van der Waals surface area contributed by atoms with Gasteiger partial charge in [0.1, 0.15) is 11.4 Å². The van der Waals surface area contributed by atoms with Crippen molar-refractivity contribution in [1.29, 1.82) is 0 Å². The van der Waals surface area contributed by atoms with Gasteiger partial charge in [0.25, 0.3) is 0 Å². The summed E-state index contributed by atoms with van der Waals surface area (Å²) in [6, 6.07) is 7.29. The summed E-state index contributed by atoms with van der Waals surface area (Å²) in [6.45, 7) is 3.96. The van der Waals surface area contributed by atoms with Crippen molar-refractivity contribution < 1.29 is 9.90 Å². The Kier molecular flexibility index (Phi) is 3.37. The molecule has 0 amide bonds. The van der Waals surface area contributed by atoms with Gasteiger partial charge < -0.3 is 16.2 Å². The Morgan fingerprint density at radius 1 is 1.21 bits per heavy atom. The fourth-order valence-corrected chi connectivity index (χ4v) is 1.93. The highest BCUT2D eigenvalue weighted by Crippen LogP contribution is 2.22. The average Bonchev–Trinajstić information content (AvgIpc) is 2.30. The van der Waals surface area contributed by atoms with E-state index in [0.29, 0.717) is 5.69 Å². The number of anilines is 3. The number of nitrogens with zero attached hydrogens (tertiary/aromatic N) is 1. The lowest BCUT2D eigenvalue weighted by molar-refractivity contribution is 0.0697. The minimum Gasteiger partial charge on any atom is -0.478 e. The predicted molar refractivity (Wildman–Crippen MR) is 74.8 cm³/mol. The van der Waals surface area contributed by atoms with Gasteiger partial charge >= 0.3 is 5.97 Å². The summed E-state index contributed by atoms with van der Waals surface area (Å²) in [5.74, 6) is -0.779. The van der Waals surface area contributed by atoms with E-state index in [2.05, 4.69) is 10.3 Å². The van der Waals surface area contributed by atoms with Crippen molar-refractivity contribution >= 4 is 23.2 Å². The summed E-state index contributed by atoms with van der Waals surface area (Å²) in [4.78, 5) is 15.2. The molecular formula is C14H15N3O2.